The van der Waals surface area contributed by atoms with Crippen molar-refractivity contribution in [2.45, 2.75) is 95.7 Å². The molecule has 0 amide bonds. The van der Waals surface area contributed by atoms with Crippen LogP contribution in [0.1, 0.15) is 94.7 Å². The first-order chi connectivity index (χ1) is 34.6. The number of amidine groups is 1. The molecular weight excluding hydrogens is 869 g/mol. The molecule has 348 valence electrons. The van der Waals surface area contributed by atoms with E-state index in [-0.39, 0.29) is 18.0 Å². The predicted molar refractivity (Wildman–Crippen MR) is 291 cm³/mol. The van der Waals surface area contributed by atoms with Gasteiger partial charge < -0.3 is 15.1 Å². The third-order valence-corrected chi connectivity index (χ3v) is 18.3. The van der Waals surface area contributed by atoms with Gasteiger partial charge in [-0.2, -0.15) is 0 Å². The lowest BCUT2D eigenvalue weighted by molar-refractivity contribution is 0.369. The molecule has 5 heterocycles. The third kappa shape index (κ3) is 7.25. The van der Waals surface area contributed by atoms with E-state index >= 15 is 0 Å². The number of hydrogen-bond acceptors (Lipinski definition) is 5. The highest BCUT2D eigenvalue weighted by atomic mass is 32.1. The summed E-state index contributed by atoms with van der Waals surface area (Å²) < 4.78 is 2.84. The maximum absolute atomic E-state index is 5.60. The standard InChI is InChI=1S/C65H62N4S/c1-41-19-14-15-28-49(41)46-35-45(42-20-6-2-7-21-42)36-47(37-46)56-39-54(64-58-34-33-55(43-22-8-3-9-23-43)67-65(69(58)64)44-24-10-4-11-25-44)63(66-56)51-30-18-32-60-62(51)53-38-52-50-29-16-17-31-57(50)68(48-26-12-5-13-27-48)59(52)40-61(53)70-60/h2-4,6-8,10-11,14-15,17-18,20,22,24-26,28,30-36,38-42,46,52,54,59,63-64,66H,5,9,12-13,16,19,21,23,27,29,37H2,1H3. The molecule has 1 fully saturated rings. The lowest BCUT2D eigenvalue weighted by Crippen LogP contribution is -2.39. The van der Waals surface area contributed by atoms with E-state index in [1.54, 1.807) is 16.8 Å². The van der Waals surface area contributed by atoms with Gasteiger partial charge in [0.2, 0.25) is 0 Å². The first-order valence-corrected chi connectivity index (χ1v) is 27.4. The Balaban J connectivity index is 0.912. The number of thiophene rings is 1. The van der Waals surface area contributed by atoms with Crippen LogP contribution >= 0.6 is 11.3 Å². The summed E-state index contributed by atoms with van der Waals surface area (Å²) in [5.74, 6) is 2.90. The normalized spacial score (nSPS) is 30.4. The molecule has 1 saturated heterocycles. The van der Waals surface area contributed by atoms with Crippen LogP contribution in [0.15, 0.2) is 219 Å². The minimum absolute atomic E-state index is 0.0647. The number of allylic oxidation sites excluding steroid dienone is 22. The lowest BCUT2D eigenvalue weighted by Gasteiger charge is -2.33. The van der Waals surface area contributed by atoms with Crippen LogP contribution < -0.4 is 15.1 Å². The first-order valence-electron chi connectivity index (χ1n) is 26.6. The Hall–Kier alpha value is -6.43. The fourth-order valence-corrected chi connectivity index (χ4v) is 14.9. The summed E-state index contributed by atoms with van der Waals surface area (Å²) >= 11 is 2.01. The van der Waals surface area contributed by atoms with E-state index in [1.165, 1.54) is 90.5 Å². The SMILES string of the molecule is CC1CC=CC=C1C1C=C(C2C=CC=CC2)C=C(C2=CC(C3C4=CC=C(C5=CC=CCC5)N=C(c5ccccc5)N43)C(c3cccc4sc5c(c34)=CC3C4=C(C=CCC4)N(C4=CCCCC4)C3C=5)N2)C1. The average Bonchev–Trinajstić information content (AvgIpc) is 3.63. The van der Waals surface area contributed by atoms with Crippen molar-refractivity contribution < 1.29 is 0 Å². The van der Waals surface area contributed by atoms with Crippen LogP contribution in [0.2, 0.25) is 0 Å². The molecule has 0 bridgehead atoms. The Morgan fingerprint density at radius 1 is 0.743 bits per heavy atom. The fraction of sp³-hybridized carbons (Fsp3) is 0.308. The van der Waals surface area contributed by atoms with Crippen LogP contribution in [0.5, 0.6) is 0 Å². The Labute approximate surface area is 417 Å². The first kappa shape index (κ1) is 42.4. The summed E-state index contributed by atoms with van der Waals surface area (Å²) in [6, 6.07) is 18.7. The van der Waals surface area contributed by atoms with Crippen molar-refractivity contribution in [3.63, 3.8) is 0 Å². The molecule has 7 aliphatic carbocycles. The average molecular weight is 931 g/mol. The number of benzene rings is 2. The van der Waals surface area contributed by atoms with E-state index in [4.69, 9.17) is 4.99 Å². The minimum Gasteiger partial charge on any atom is -0.378 e. The highest BCUT2D eigenvalue weighted by Gasteiger charge is 2.54. The van der Waals surface area contributed by atoms with Crippen molar-refractivity contribution in [1.82, 2.24) is 15.1 Å². The second-order valence-electron chi connectivity index (χ2n) is 21.3. The zero-order valence-corrected chi connectivity index (χ0v) is 41.1. The van der Waals surface area contributed by atoms with Gasteiger partial charge in [-0.15, -0.1) is 11.3 Å². The van der Waals surface area contributed by atoms with Crippen LogP contribution in [-0.4, -0.2) is 27.7 Å². The Morgan fingerprint density at radius 2 is 1.66 bits per heavy atom. The van der Waals surface area contributed by atoms with E-state index < -0.39 is 0 Å². The summed E-state index contributed by atoms with van der Waals surface area (Å²) in [4.78, 5) is 10.9. The van der Waals surface area contributed by atoms with E-state index in [0.29, 0.717) is 29.7 Å². The molecular formula is C65H62N4S. The van der Waals surface area contributed by atoms with E-state index in [1.807, 2.05) is 11.3 Å². The number of hydrogen-bond donors (Lipinski definition) is 1. The number of fused-ring (bicyclic) bond motifs is 6. The summed E-state index contributed by atoms with van der Waals surface area (Å²) in [6.45, 7) is 2.42. The zero-order chi connectivity index (χ0) is 46.3. The van der Waals surface area contributed by atoms with Crippen LogP contribution in [-0.2, 0) is 0 Å². The molecule has 0 spiro atoms. The van der Waals surface area contributed by atoms with Crippen LogP contribution in [0.4, 0.5) is 0 Å². The quantitative estimate of drug-likeness (QED) is 0.228. The molecule has 0 radical (unpaired) electrons. The van der Waals surface area contributed by atoms with Gasteiger partial charge in [0, 0.05) is 66.6 Å². The lowest BCUT2D eigenvalue weighted by atomic mass is 9.75. The molecule has 11 aliphatic rings. The van der Waals surface area contributed by atoms with Gasteiger partial charge in [-0.1, -0.05) is 152 Å². The van der Waals surface area contributed by atoms with Gasteiger partial charge in [-0.3, -0.25) is 0 Å². The van der Waals surface area contributed by atoms with Crippen molar-refractivity contribution in [1.29, 1.82) is 0 Å². The molecule has 70 heavy (non-hydrogen) atoms. The number of nitrogens with zero attached hydrogens (tertiary/aromatic N) is 3. The summed E-state index contributed by atoms with van der Waals surface area (Å²) in [6.07, 6.45) is 60.9. The molecule has 0 saturated carbocycles. The molecule has 4 nitrogen and oxygen atoms in total. The fourth-order valence-electron chi connectivity index (χ4n) is 13.7. The van der Waals surface area contributed by atoms with Gasteiger partial charge in [0.15, 0.2) is 0 Å². The predicted octanol–water partition coefficient (Wildman–Crippen LogP) is 13.7. The van der Waals surface area contributed by atoms with Crippen molar-refractivity contribution >= 4 is 39.4 Å². The van der Waals surface area contributed by atoms with Gasteiger partial charge in [-0.25, -0.2) is 4.99 Å². The monoisotopic (exact) mass is 930 g/mol. The smallest absolute Gasteiger partial charge is 0.141 e. The summed E-state index contributed by atoms with van der Waals surface area (Å²) in [5, 5.41) is 7.30. The minimum atomic E-state index is 0.0647. The van der Waals surface area contributed by atoms with Gasteiger partial charge >= 0.3 is 0 Å². The van der Waals surface area contributed by atoms with E-state index in [2.05, 4.69) is 192 Å². The molecule has 4 aliphatic heterocycles. The molecule has 14 rings (SSSR count). The molecule has 2 aromatic carbocycles. The highest BCUT2D eigenvalue weighted by Crippen LogP contribution is 2.52. The third-order valence-electron chi connectivity index (χ3n) is 17.2. The molecule has 1 N–H and O–H groups in total. The second kappa shape index (κ2) is 17.5. The highest BCUT2D eigenvalue weighted by molar-refractivity contribution is 7.17. The van der Waals surface area contributed by atoms with Crippen LogP contribution in [0, 0.1) is 29.6 Å². The van der Waals surface area contributed by atoms with E-state index in [0.717, 1.165) is 56.5 Å². The summed E-state index contributed by atoms with van der Waals surface area (Å²) in [7, 11) is 0. The summed E-state index contributed by atoms with van der Waals surface area (Å²) in [5.41, 5.74) is 16.8. The maximum Gasteiger partial charge on any atom is 0.141 e. The Bertz CT molecular complexity index is 3340. The largest absolute Gasteiger partial charge is 0.378 e. The molecule has 1 aromatic heterocycles. The van der Waals surface area contributed by atoms with Gasteiger partial charge in [0.05, 0.1) is 23.8 Å². The Kier molecular flexibility index (Phi) is 10.6. The molecule has 8 atom stereocenters. The van der Waals surface area contributed by atoms with Crippen molar-refractivity contribution in [3.05, 3.63) is 235 Å². The second-order valence-corrected chi connectivity index (χ2v) is 22.4. The van der Waals surface area contributed by atoms with Crippen molar-refractivity contribution in [2.75, 3.05) is 0 Å². The molecule has 8 unspecified atom stereocenters. The van der Waals surface area contributed by atoms with Crippen LogP contribution in [0.3, 0.4) is 0 Å². The van der Waals surface area contributed by atoms with Crippen molar-refractivity contribution in [3.8, 4) is 0 Å². The van der Waals surface area contributed by atoms with Gasteiger partial charge in [0.25, 0.3) is 0 Å². The number of nitrogens with one attached hydrogen (secondary N) is 1. The van der Waals surface area contributed by atoms with Gasteiger partial charge in [0.1, 0.15) is 5.84 Å². The van der Waals surface area contributed by atoms with Gasteiger partial charge in [-0.05, 0) is 140 Å². The number of aliphatic imine (C=N–C) groups is 1. The molecule has 3 aromatic rings. The van der Waals surface area contributed by atoms with Crippen LogP contribution in [0.25, 0.3) is 22.2 Å². The Morgan fingerprint density at radius 3 is 2.51 bits per heavy atom. The number of rotatable bonds is 8. The topological polar surface area (TPSA) is 30.6 Å². The maximum atomic E-state index is 5.60. The van der Waals surface area contributed by atoms with Crippen molar-refractivity contribution in [2.24, 2.45) is 34.6 Å². The van der Waals surface area contributed by atoms with E-state index in [9.17, 15) is 0 Å². The molecule has 5 heteroatoms. The zero-order valence-electron chi connectivity index (χ0n) is 40.3.